The van der Waals surface area contributed by atoms with Gasteiger partial charge in [-0.1, -0.05) is 18.2 Å². The van der Waals surface area contributed by atoms with E-state index in [2.05, 4.69) is 10.4 Å². The molecule has 0 atom stereocenters. The molecule has 0 fully saturated rings. The van der Waals surface area contributed by atoms with Crippen molar-refractivity contribution in [1.82, 2.24) is 9.78 Å². The minimum Gasteiger partial charge on any atom is -0.319 e. The Hall–Kier alpha value is -3.60. The summed E-state index contributed by atoms with van der Waals surface area (Å²) in [6.07, 6.45) is -1.48. The SMILES string of the molecule is N#Cc1cccc(C(=O)Nc2cnn(Cc3cccc(C(F)(F)F)c3)c2)c1. The van der Waals surface area contributed by atoms with Crippen LogP contribution in [0.4, 0.5) is 18.9 Å². The van der Waals surface area contributed by atoms with Crippen LogP contribution in [0.25, 0.3) is 0 Å². The molecule has 0 aliphatic heterocycles. The second kappa shape index (κ2) is 7.33. The Morgan fingerprint density at radius 2 is 1.96 bits per heavy atom. The van der Waals surface area contributed by atoms with Gasteiger partial charge < -0.3 is 5.32 Å². The van der Waals surface area contributed by atoms with Gasteiger partial charge in [0, 0.05) is 11.8 Å². The highest BCUT2D eigenvalue weighted by molar-refractivity contribution is 6.04. The summed E-state index contributed by atoms with van der Waals surface area (Å²) in [5, 5.41) is 15.6. The van der Waals surface area contributed by atoms with Gasteiger partial charge in [-0.25, -0.2) is 0 Å². The largest absolute Gasteiger partial charge is 0.416 e. The van der Waals surface area contributed by atoms with Gasteiger partial charge in [0.05, 0.1) is 35.6 Å². The summed E-state index contributed by atoms with van der Waals surface area (Å²) < 4.78 is 39.8. The highest BCUT2D eigenvalue weighted by atomic mass is 19.4. The Balaban J connectivity index is 1.70. The van der Waals surface area contributed by atoms with Gasteiger partial charge in [0.1, 0.15) is 0 Å². The standard InChI is InChI=1S/C19H13F3N4O/c20-19(21,22)16-6-2-4-14(8-16)11-26-12-17(10-24-26)25-18(27)15-5-1-3-13(7-15)9-23/h1-8,10,12H,11H2,(H,25,27). The summed E-state index contributed by atoms with van der Waals surface area (Å²) in [5.74, 6) is -0.411. The van der Waals surface area contributed by atoms with E-state index in [9.17, 15) is 18.0 Å². The molecule has 0 aliphatic carbocycles. The fourth-order valence-electron chi connectivity index (χ4n) is 2.48. The minimum atomic E-state index is -4.41. The molecule has 3 aromatic rings. The number of benzene rings is 2. The first-order valence-electron chi connectivity index (χ1n) is 7.85. The molecular formula is C19H13F3N4O. The topological polar surface area (TPSA) is 70.7 Å². The average molecular weight is 370 g/mol. The Kier molecular flexibility index (Phi) is 4.94. The Morgan fingerprint density at radius 3 is 2.70 bits per heavy atom. The van der Waals surface area contributed by atoms with E-state index in [1.54, 1.807) is 24.3 Å². The van der Waals surface area contributed by atoms with Crippen molar-refractivity contribution in [2.45, 2.75) is 12.7 Å². The van der Waals surface area contributed by atoms with Gasteiger partial charge in [-0.2, -0.15) is 23.5 Å². The molecule has 0 spiro atoms. The molecule has 0 saturated heterocycles. The number of nitrogens with zero attached hydrogens (tertiary/aromatic N) is 3. The summed E-state index contributed by atoms with van der Waals surface area (Å²) in [7, 11) is 0. The molecule has 1 amide bonds. The fourth-order valence-corrected chi connectivity index (χ4v) is 2.48. The second-order valence-corrected chi connectivity index (χ2v) is 5.77. The Labute approximate surface area is 152 Å². The zero-order chi connectivity index (χ0) is 19.4. The molecule has 8 heteroatoms. The van der Waals surface area contributed by atoms with Crippen LogP contribution in [0.3, 0.4) is 0 Å². The number of hydrogen-bond donors (Lipinski definition) is 1. The molecule has 3 rings (SSSR count). The first kappa shape index (κ1) is 18.2. The third-order valence-corrected chi connectivity index (χ3v) is 3.74. The number of anilines is 1. The van der Waals surface area contributed by atoms with Gasteiger partial charge >= 0.3 is 6.18 Å². The van der Waals surface area contributed by atoms with E-state index in [4.69, 9.17) is 5.26 Å². The zero-order valence-corrected chi connectivity index (χ0v) is 13.9. The van der Waals surface area contributed by atoms with E-state index >= 15 is 0 Å². The fraction of sp³-hybridized carbons (Fsp3) is 0.105. The van der Waals surface area contributed by atoms with Gasteiger partial charge in [0.15, 0.2) is 0 Å². The highest BCUT2D eigenvalue weighted by Gasteiger charge is 2.30. The summed E-state index contributed by atoms with van der Waals surface area (Å²) in [6, 6.07) is 13.2. The van der Waals surface area contributed by atoms with Crippen molar-refractivity contribution in [3.63, 3.8) is 0 Å². The van der Waals surface area contributed by atoms with Crippen LogP contribution in [0, 0.1) is 11.3 Å². The van der Waals surface area contributed by atoms with Gasteiger partial charge in [0.25, 0.3) is 5.91 Å². The van der Waals surface area contributed by atoms with Crippen molar-refractivity contribution in [3.8, 4) is 6.07 Å². The van der Waals surface area contributed by atoms with Gasteiger partial charge in [0.2, 0.25) is 0 Å². The third-order valence-electron chi connectivity index (χ3n) is 3.74. The molecular weight excluding hydrogens is 357 g/mol. The van der Waals surface area contributed by atoms with Crippen LogP contribution < -0.4 is 5.32 Å². The second-order valence-electron chi connectivity index (χ2n) is 5.77. The first-order chi connectivity index (χ1) is 12.8. The van der Waals surface area contributed by atoms with Crippen LogP contribution in [0.15, 0.2) is 60.9 Å². The number of alkyl halides is 3. The van der Waals surface area contributed by atoms with Gasteiger partial charge in [-0.3, -0.25) is 9.48 Å². The lowest BCUT2D eigenvalue weighted by Crippen LogP contribution is -2.11. The zero-order valence-electron chi connectivity index (χ0n) is 13.9. The lowest BCUT2D eigenvalue weighted by atomic mass is 10.1. The monoisotopic (exact) mass is 370 g/mol. The first-order valence-corrected chi connectivity index (χ1v) is 7.85. The predicted octanol–water partition coefficient (Wildman–Crippen LogP) is 4.07. The Morgan fingerprint density at radius 1 is 1.19 bits per heavy atom. The van der Waals surface area contributed by atoms with Crippen molar-refractivity contribution >= 4 is 11.6 Å². The summed E-state index contributed by atoms with van der Waals surface area (Å²) >= 11 is 0. The number of carbonyl (C=O) groups is 1. The summed E-state index contributed by atoms with van der Waals surface area (Å²) in [4.78, 5) is 12.2. The molecule has 0 aliphatic rings. The van der Waals surface area contributed by atoms with Crippen molar-refractivity contribution < 1.29 is 18.0 Å². The number of rotatable bonds is 4. The molecule has 5 nitrogen and oxygen atoms in total. The molecule has 1 aromatic heterocycles. The molecule has 0 radical (unpaired) electrons. The van der Waals surface area contributed by atoms with Crippen molar-refractivity contribution in [3.05, 3.63) is 83.2 Å². The molecule has 0 saturated carbocycles. The molecule has 0 unspecified atom stereocenters. The number of nitriles is 1. The maximum Gasteiger partial charge on any atom is 0.416 e. The van der Waals surface area contributed by atoms with Crippen LogP contribution >= 0.6 is 0 Å². The minimum absolute atomic E-state index is 0.129. The smallest absolute Gasteiger partial charge is 0.319 e. The molecule has 27 heavy (non-hydrogen) atoms. The molecule has 1 N–H and O–H groups in total. The predicted molar refractivity (Wildman–Crippen MR) is 91.9 cm³/mol. The molecule has 1 heterocycles. The summed E-state index contributed by atoms with van der Waals surface area (Å²) in [5.41, 5.74) is 0.794. The van der Waals surface area contributed by atoms with Crippen LogP contribution in [0.1, 0.15) is 27.0 Å². The van der Waals surface area contributed by atoms with Crippen LogP contribution in [-0.2, 0) is 12.7 Å². The van der Waals surface area contributed by atoms with E-state index in [-0.39, 0.29) is 6.54 Å². The number of amides is 1. The van der Waals surface area contributed by atoms with Crippen molar-refractivity contribution in [1.29, 1.82) is 5.26 Å². The van der Waals surface area contributed by atoms with E-state index < -0.39 is 17.6 Å². The molecule has 136 valence electrons. The molecule has 0 bridgehead atoms. The van der Waals surface area contributed by atoms with Gasteiger partial charge in [-0.15, -0.1) is 0 Å². The summed E-state index contributed by atoms with van der Waals surface area (Å²) in [6.45, 7) is 0.129. The maximum atomic E-state index is 12.8. The van der Waals surface area contributed by atoms with Crippen molar-refractivity contribution in [2.24, 2.45) is 0 Å². The third kappa shape index (κ3) is 4.52. The number of aromatic nitrogens is 2. The average Bonchev–Trinajstić information content (AvgIpc) is 3.08. The van der Waals surface area contributed by atoms with E-state index in [1.807, 2.05) is 6.07 Å². The highest BCUT2D eigenvalue weighted by Crippen LogP contribution is 2.29. The van der Waals surface area contributed by atoms with Crippen molar-refractivity contribution in [2.75, 3.05) is 5.32 Å². The Bertz CT molecular complexity index is 1020. The number of nitrogens with one attached hydrogen (secondary N) is 1. The van der Waals surface area contributed by atoms with Crippen LogP contribution in [-0.4, -0.2) is 15.7 Å². The van der Waals surface area contributed by atoms with E-state index in [1.165, 1.54) is 29.2 Å². The number of carbonyl (C=O) groups excluding carboxylic acids is 1. The molecule has 2 aromatic carbocycles. The van der Waals surface area contributed by atoms with E-state index in [0.29, 0.717) is 22.4 Å². The normalized spacial score (nSPS) is 11.0. The van der Waals surface area contributed by atoms with E-state index in [0.717, 1.165) is 12.1 Å². The van der Waals surface area contributed by atoms with Crippen LogP contribution in [0.2, 0.25) is 0 Å². The quantitative estimate of drug-likeness (QED) is 0.752. The lowest BCUT2D eigenvalue weighted by molar-refractivity contribution is -0.137. The number of halogens is 3. The lowest BCUT2D eigenvalue weighted by Gasteiger charge is -2.08. The number of hydrogen-bond acceptors (Lipinski definition) is 3. The maximum absolute atomic E-state index is 12.8. The van der Waals surface area contributed by atoms with Gasteiger partial charge in [-0.05, 0) is 35.9 Å². The van der Waals surface area contributed by atoms with Crippen LogP contribution in [0.5, 0.6) is 0 Å².